The summed E-state index contributed by atoms with van der Waals surface area (Å²) in [7, 11) is 0. The van der Waals surface area contributed by atoms with Gasteiger partial charge in [-0.1, -0.05) is 26.7 Å². The van der Waals surface area contributed by atoms with Gasteiger partial charge in [-0.3, -0.25) is 0 Å². The molecule has 0 saturated carbocycles. The number of hydrogen-bond acceptors (Lipinski definition) is 2. The lowest BCUT2D eigenvalue weighted by molar-refractivity contribution is 0.0456. The highest BCUT2D eigenvalue weighted by molar-refractivity contribution is 5.01. The maximum absolute atomic E-state index is 3.81. The monoisotopic (exact) mass is 210 g/mol. The van der Waals surface area contributed by atoms with Crippen LogP contribution in [0.25, 0.3) is 0 Å². The average molecular weight is 210 g/mol. The highest BCUT2D eigenvalue weighted by Gasteiger charge is 2.44. The Hall–Kier alpha value is -0.0800. The van der Waals surface area contributed by atoms with Gasteiger partial charge in [0.2, 0.25) is 0 Å². The van der Waals surface area contributed by atoms with E-state index in [-0.39, 0.29) is 0 Å². The smallest absolute Gasteiger partial charge is 0.0136 e. The molecule has 2 saturated heterocycles. The molecule has 0 aromatic heterocycles. The highest BCUT2D eigenvalue weighted by atomic mass is 15.0. The SMILES string of the molecule is CCCC1NCC2CNCC1(CCC)C2. The van der Waals surface area contributed by atoms with Gasteiger partial charge in [-0.15, -0.1) is 0 Å². The molecule has 0 radical (unpaired) electrons. The molecule has 2 nitrogen and oxygen atoms in total. The number of hydrogen-bond donors (Lipinski definition) is 2. The lowest BCUT2D eigenvalue weighted by Crippen LogP contribution is -2.61. The van der Waals surface area contributed by atoms with Gasteiger partial charge in [-0.05, 0) is 43.7 Å². The number of piperidine rings is 2. The van der Waals surface area contributed by atoms with Crippen LogP contribution in [0.15, 0.2) is 0 Å². The van der Waals surface area contributed by atoms with Crippen LogP contribution in [0.1, 0.15) is 46.0 Å². The van der Waals surface area contributed by atoms with Crippen molar-refractivity contribution in [1.82, 2.24) is 10.6 Å². The summed E-state index contributed by atoms with van der Waals surface area (Å²) in [5.74, 6) is 0.887. The van der Waals surface area contributed by atoms with Gasteiger partial charge in [0, 0.05) is 12.6 Å². The largest absolute Gasteiger partial charge is 0.316 e. The van der Waals surface area contributed by atoms with E-state index < -0.39 is 0 Å². The van der Waals surface area contributed by atoms with Crippen molar-refractivity contribution in [3.05, 3.63) is 0 Å². The maximum atomic E-state index is 3.81. The molecule has 15 heavy (non-hydrogen) atoms. The van der Waals surface area contributed by atoms with Gasteiger partial charge in [0.15, 0.2) is 0 Å². The summed E-state index contributed by atoms with van der Waals surface area (Å²) < 4.78 is 0. The molecule has 2 heteroatoms. The van der Waals surface area contributed by atoms with Crippen LogP contribution >= 0.6 is 0 Å². The summed E-state index contributed by atoms with van der Waals surface area (Å²) in [6.07, 6.45) is 6.86. The van der Waals surface area contributed by atoms with E-state index in [1.807, 2.05) is 0 Å². The number of rotatable bonds is 4. The topological polar surface area (TPSA) is 24.1 Å². The van der Waals surface area contributed by atoms with Crippen molar-refractivity contribution in [2.45, 2.75) is 52.0 Å². The molecule has 2 fully saturated rings. The van der Waals surface area contributed by atoms with Gasteiger partial charge in [0.1, 0.15) is 0 Å². The second kappa shape index (κ2) is 4.84. The van der Waals surface area contributed by atoms with Gasteiger partial charge in [-0.2, -0.15) is 0 Å². The second-order valence-electron chi connectivity index (χ2n) is 5.56. The Bertz CT molecular complexity index is 201. The average Bonchev–Trinajstić information content (AvgIpc) is 2.24. The Labute approximate surface area is 94.2 Å². The molecule has 2 heterocycles. The Morgan fingerprint density at radius 3 is 2.80 bits per heavy atom. The molecule has 88 valence electrons. The molecular weight excluding hydrogens is 184 g/mol. The first kappa shape index (κ1) is 11.4. The van der Waals surface area contributed by atoms with E-state index in [0.29, 0.717) is 5.41 Å². The van der Waals surface area contributed by atoms with Crippen LogP contribution in [0.4, 0.5) is 0 Å². The zero-order chi connectivity index (χ0) is 10.7. The summed E-state index contributed by atoms with van der Waals surface area (Å²) in [6.45, 7) is 8.36. The molecule has 0 aromatic carbocycles. The third-order valence-corrected chi connectivity index (χ3v) is 4.32. The van der Waals surface area contributed by atoms with Crippen molar-refractivity contribution in [3.63, 3.8) is 0 Å². The van der Waals surface area contributed by atoms with Crippen molar-refractivity contribution >= 4 is 0 Å². The summed E-state index contributed by atoms with van der Waals surface area (Å²) >= 11 is 0. The molecule has 0 aliphatic carbocycles. The first-order valence-electron chi connectivity index (χ1n) is 6.75. The van der Waals surface area contributed by atoms with Crippen molar-refractivity contribution in [3.8, 4) is 0 Å². The van der Waals surface area contributed by atoms with Crippen molar-refractivity contribution in [2.75, 3.05) is 19.6 Å². The van der Waals surface area contributed by atoms with Crippen LogP contribution in [0.2, 0.25) is 0 Å². The summed E-state index contributed by atoms with van der Waals surface area (Å²) in [5, 5.41) is 7.47. The molecule has 2 aliphatic rings. The second-order valence-corrected chi connectivity index (χ2v) is 5.56. The van der Waals surface area contributed by atoms with Gasteiger partial charge in [-0.25, -0.2) is 0 Å². The Kier molecular flexibility index (Phi) is 3.68. The third kappa shape index (κ3) is 2.21. The Balaban J connectivity index is 2.09. The fourth-order valence-electron chi connectivity index (χ4n) is 3.74. The van der Waals surface area contributed by atoms with Crippen LogP contribution in [0.3, 0.4) is 0 Å². The van der Waals surface area contributed by atoms with Crippen LogP contribution in [0, 0.1) is 11.3 Å². The van der Waals surface area contributed by atoms with Crippen molar-refractivity contribution in [2.24, 2.45) is 11.3 Å². The highest BCUT2D eigenvalue weighted by Crippen LogP contribution is 2.41. The zero-order valence-corrected chi connectivity index (χ0v) is 10.3. The molecule has 0 aromatic rings. The molecule has 2 aliphatic heterocycles. The van der Waals surface area contributed by atoms with Gasteiger partial charge in [0.25, 0.3) is 0 Å². The fourth-order valence-corrected chi connectivity index (χ4v) is 3.74. The predicted molar refractivity (Wildman–Crippen MR) is 65.0 cm³/mol. The summed E-state index contributed by atoms with van der Waals surface area (Å²) in [4.78, 5) is 0. The molecule has 2 bridgehead atoms. The molecule has 0 amide bonds. The van der Waals surface area contributed by atoms with Gasteiger partial charge < -0.3 is 10.6 Å². The fraction of sp³-hybridized carbons (Fsp3) is 1.00. The minimum absolute atomic E-state index is 0.575. The van der Waals surface area contributed by atoms with E-state index in [4.69, 9.17) is 0 Å². The van der Waals surface area contributed by atoms with Crippen LogP contribution < -0.4 is 10.6 Å². The first-order valence-corrected chi connectivity index (χ1v) is 6.75. The van der Waals surface area contributed by atoms with E-state index in [1.165, 1.54) is 51.7 Å². The molecule has 3 unspecified atom stereocenters. The zero-order valence-electron chi connectivity index (χ0n) is 10.3. The van der Waals surface area contributed by atoms with E-state index in [9.17, 15) is 0 Å². The van der Waals surface area contributed by atoms with E-state index in [2.05, 4.69) is 24.5 Å². The standard InChI is InChI=1S/C13H26N2/c1-3-5-12-13(6-4-2)7-11(9-15-12)8-14-10-13/h11-12,14-15H,3-10H2,1-2H3. The van der Waals surface area contributed by atoms with Crippen LogP contribution in [0.5, 0.6) is 0 Å². The minimum Gasteiger partial charge on any atom is -0.316 e. The third-order valence-electron chi connectivity index (χ3n) is 4.32. The van der Waals surface area contributed by atoms with Crippen molar-refractivity contribution < 1.29 is 0 Å². The number of fused-ring (bicyclic) bond motifs is 2. The van der Waals surface area contributed by atoms with E-state index >= 15 is 0 Å². The quantitative estimate of drug-likeness (QED) is 0.743. The van der Waals surface area contributed by atoms with Crippen LogP contribution in [-0.4, -0.2) is 25.7 Å². The lowest BCUT2D eigenvalue weighted by atomic mass is 9.65. The first-order chi connectivity index (χ1) is 7.30. The van der Waals surface area contributed by atoms with Gasteiger partial charge in [0.05, 0.1) is 0 Å². The maximum Gasteiger partial charge on any atom is 0.0136 e. The van der Waals surface area contributed by atoms with Crippen molar-refractivity contribution in [1.29, 1.82) is 0 Å². The lowest BCUT2D eigenvalue weighted by Gasteiger charge is -2.51. The van der Waals surface area contributed by atoms with E-state index in [1.54, 1.807) is 0 Å². The molecular formula is C13H26N2. The molecule has 3 atom stereocenters. The van der Waals surface area contributed by atoms with E-state index in [0.717, 1.165) is 12.0 Å². The molecule has 2 N–H and O–H groups in total. The minimum atomic E-state index is 0.575. The predicted octanol–water partition coefficient (Wildman–Crippen LogP) is 2.15. The summed E-state index contributed by atoms with van der Waals surface area (Å²) in [5.41, 5.74) is 0.575. The number of nitrogens with one attached hydrogen (secondary N) is 2. The Morgan fingerprint density at radius 1 is 1.20 bits per heavy atom. The summed E-state index contributed by atoms with van der Waals surface area (Å²) in [6, 6.07) is 0.770. The van der Waals surface area contributed by atoms with Crippen LogP contribution in [-0.2, 0) is 0 Å². The normalized spacial score (nSPS) is 40.4. The van der Waals surface area contributed by atoms with Gasteiger partial charge >= 0.3 is 0 Å². The molecule has 2 rings (SSSR count). The Morgan fingerprint density at radius 2 is 2.07 bits per heavy atom. The molecule has 0 spiro atoms.